The normalized spacial score (nSPS) is 17.0. The van der Waals surface area contributed by atoms with Gasteiger partial charge in [0.05, 0.1) is 0 Å². The van der Waals surface area contributed by atoms with Crippen LogP contribution in [0.25, 0.3) is 0 Å². The van der Waals surface area contributed by atoms with E-state index >= 15 is 0 Å². The lowest BCUT2D eigenvalue weighted by molar-refractivity contribution is 0.237. The van der Waals surface area contributed by atoms with Gasteiger partial charge >= 0.3 is 0 Å². The zero-order valence-corrected chi connectivity index (χ0v) is 10.7. The number of aryl methyl sites for hydroxylation is 1. The molecule has 1 aliphatic heterocycles. The van der Waals surface area contributed by atoms with E-state index in [1.54, 1.807) is 0 Å². The van der Waals surface area contributed by atoms with Gasteiger partial charge in [-0.05, 0) is 50.6 Å². The molecule has 3 N–H and O–H groups in total. The smallest absolute Gasteiger partial charge is 0.0364 e. The fourth-order valence-corrected chi connectivity index (χ4v) is 2.29. The second-order valence-electron chi connectivity index (χ2n) is 4.90. The van der Waals surface area contributed by atoms with Crippen LogP contribution in [-0.2, 0) is 0 Å². The van der Waals surface area contributed by atoms with Crippen molar-refractivity contribution >= 4 is 11.4 Å². The molecule has 0 amide bonds. The summed E-state index contributed by atoms with van der Waals surface area (Å²) >= 11 is 0. The van der Waals surface area contributed by atoms with Crippen LogP contribution in [0.2, 0.25) is 0 Å². The molecule has 0 aromatic heterocycles. The van der Waals surface area contributed by atoms with Gasteiger partial charge in [-0.1, -0.05) is 12.5 Å². The lowest BCUT2D eigenvalue weighted by atomic mass is 10.1. The molecule has 1 saturated heterocycles. The monoisotopic (exact) mass is 233 g/mol. The number of benzene rings is 1. The summed E-state index contributed by atoms with van der Waals surface area (Å²) < 4.78 is 0. The number of likely N-dealkylation sites (tertiary alicyclic amines) is 1. The predicted octanol–water partition coefficient (Wildman–Crippen LogP) is 2.48. The first-order valence-electron chi connectivity index (χ1n) is 6.58. The maximum atomic E-state index is 5.88. The van der Waals surface area contributed by atoms with Crippen molar-refractivity contribution in [2.24, 2.45) is 0 Å². The molecule has 0 spiro atoms. The summed E-state index contributed by atoms with van der Waals surface area (Å²) in [5, 5.41) is 3.44. The van der Waals surface area contributed by atoms with E-state index in [-0.39, 0.29) is 0 Å². The second kappa shape index (κ2) is 5.92. The number of hydrogen-bond acceptors (Lipinski definition) is 3. The number of rotatable bonds is 4. The molecule has 0 radical (unpaired) electrons. The van der Waals surface area contributed by atoms with E-state index in [4.69, 9.17) is 5.73 Å². The number of nitrogens with one attached hydrogen (secondary N) is 1. The van der Waals surface area contributed by atoms with Gasteiger partial charge in [0, 0.05) is 24.5 Å². The summed E-state index contributed by atoms with van der Waals surface area (Å²) in [5.74, 6) is 0. The molecule has 0 atom stereocenters. The molecular weight excluding hydrogens is 210 g/mol. The van der Waals surface area contributed by atoms with Crippen molar-refractivity contribution in [1.82, 2.24) is 4.90 Å². The third kappa shape index (κ3) is 3.63. The standard InChI is InChI=1S/C14H23N3/c1-12-5-6-13(11-14(12)15)16-7-10-17-8-3-2-4-9-17/h5-6,11,16H,2-4,7-10,15H2,1H3. The van der Waals surface area contributed by atoms with Gasteiger partial charge in [-0.25, -0.2) is 0 Å². The van der Waals surface area contributed by atoms with Crippen LogP contribution in [0.3, 0.4) is 0 Å². The van der Waals surface area contributed by atoms with Gasteiger partial charge in [-0.15, -0.1) is 0 Å². The Balaban J connectivity index is 1.75. The van der Waals surface area contributed by atoms with E-state index in [2.05, 4.69) is 22.3 Å². The van der Waals surface area contributed by atoms with Gasteiger partial charge in [0.1, 0.15) is 0 Å². The number of nitrogens with two attached hydrogens (primary N) is 1. The minimum atomic E-state index is 0.868. The van der Waals surface area contributed by atoms with E-state index in [9.17, 15) is 0 Å². The van der Waals surface area contributed by atoms with E-state index in [0.29, 0.717) is 0 Å². The van der Waals surface area contributed by atoms with Crippen LogP contribution >= 0.6 is 0 Å². The van der Waals surface area contributed by atoms with Crippen LogP contribution in [0.15, 0.2) is 18.2 Å². The zero-order valence-electron chi connectivity index (χ0n) is 10.7. The van der Waals surface area contributed by atoms with Crippen LogP contribution in [0.1, 0.15) is 24.8 Å². The summed E-state index contributed by atoms with van der Waals surface area (Å²) in [5.41, 5.74) is 9.03. The quantitative estimate of drug-likeness (QED) is 0.785. The summed E-state index contributed by atoms with van der Waals surface area (Å²) in [6.45, 7) is 6.69. The molecular formula is C14H23N3. The molecule has 1 heterocycles. The van der Waals surface area contributed by atoms with Crippen molar-refractivity contribution in [3.63, 3.8) is 0 Å². The topological polar surface area (TPSA) is 41.3 Å². The first kappa shape index (κ1) is 12.2. The van der Waals surface area contributed by atoms with Crippen molar-refractivity contribution in [2.45, 2.75) is 26.2 Å². The van der Waals surface area contributed by atoms with E-state index in [1.807, 2.05) is 13.0 Å². The third-order valence-corrected chi connectivity index (χ3v) is 3.49. The molecule has 0 saturated carbocycles. The molecule has 3 heteroatoms. The number of piperidine rings is 1. The summed E-state index contributed by atoms with van der Waals surface area (Å²) in [4.78, 5) is 2.54. The van der Waals surface area contributed by atoms with Gasteiger partial charge in [-0.2, -0.15) is 0 Å². The molecule has 3 nitrogen and oxygen atoms in total. The lowest BCUT2D eigenvalue weighted by Gasteiger charge is -2.26. The largest absolute Gasteiger partial charge is 0.398 e. The van der Waals surface area contributed by atoms with Crippen molar-refractivity contribution in [1.29, 1.82) is 0 Å². The molecule has 1 aliphatic rings. The average molecular weight is 233 g/mol. The Morgan fingerprint density at radius 1 is 1.24 bits per heavy atom. The Labute approximate surface area is 104 Å². The Hall–Kier alpha value is -1.22. The second-order valence-corrected chi connectivity index (χ2v) is 4.90. The Morgan fingerprint density at radius 3 is 2.71 bits per heavy atom. The number of hydrogen-bond donors (Lipinski definition) is 2. The molecule has 0 unspecified atom stereocenters. The maximum absolute atomic E-state index is 5.88. The van der Waals surface area contributed by atoms with Gasteiger partial charge < -0.3 is 16.0 Å². The molecule has 17 heavy (non-hydrogen) atoms. The van der Waals surface area contributed by atoms with Crippen molar-refractivity contribution in [3.8, 4) is 0 Å². The highest BCUT2D eigenvalue weighted by molar-refractivity contribution is 5.58. The minimum Gasteiger partial charge on any atom is -0.398 e. The molecule has 1 aromatic rings. The van der Waals surface area contributed by atoms with Gasteiger partial charge in [0.25, 0.3) is 0 Å². The Bertz CT molecular complexity index is 356. The summed E-state index contributed by atoms with van der Waals surface area (Å²) in [6, 6.07) is 6.19. The van der Waals surface area contributed by atoms with Crippen LogP contribution in [0.4, 0.5) is 11.4 Å². The van der Waals surface area contributed by atoms with Crippen LogP contribution in [-0.4, -0.2) is 31.1 Å². The summed E-state index contributed by atoms with van der Waals surface area (Å²) in [6.07, 6.45) is 4.12. The number of nitrogen functional groups attached to an aromatic ring is 1. The SMILES string of the molecule is Cc1ccc(NCCN2CCCCC2)cc1N. The van der Waals surface area contributed by atoms with Crippen molar-refractivity contribution in [2.75, 3.05) is 37.2 Å². The molecule has 0 aliphatic carbocycles. The zero-order chi connectivity index (χ0) is 12.1. The van der Waals surface area contributed by atoms with Crippen molar-refractivity contribution < 1.29 is 0 Å². The third-order valence-electron chi connectivity index (χ3n) is 3.49. The van der Waals surface area contributed by atoms with Crippen LogP contribution < -0.4 is 11.1 Å². The number of anilines is 2. The van der Waals surface area contributed by atoms with E-state index in [0.717, 1.165) is 30.0 Å². The molecule has 0 bridgehead atoms. The maximum Gasteiger partial charge on any atom is 0.0364 e. The van der Waals surface area contributed by atoms with Gasteiger partial charge in [0.15, 0.2) is 0 Å². The molecule has 94 valence electrons. The highest BCUT2D eigenvalue weighted by Crippen LogP contribution is 2.16. The molecule has 1 aromatic carbocycles. The molecule has 1 fully saturated rings. The number of nitrogens with zero attached hydrogens (tertiary/aromatic N) is 1. The van der Waals surface area contributed by atoms with Crippen LogP contribution in [0.5, 0.6) is 0 Å². The van der Waals surface area contributed by atoms with E-state index < -0.39 is 0 Å². The van der Waals surface area contributed by atoms with E-state index in [1.165, 1.54) is 32.4 Å². The average Bonchev–Trinajstić information content (AvgIpc) is 2.35. The highest BCUT2D eigenvalue weighted by Gasteiger charge is 2.08. The van der Waals surface area contributed by atoms with Crippen molar-refractivity contribution in [3.05, 3.63) is 23.8 Å². The van der Waals surface area contributed by atoms with Gasteiger partial charge in [0.2, 0.25) is 0 Å². The Morgan fingerprint density at radius 2 is 2.00 bits per heavy atom. The first-order chi connectivity index (χ1) is 8.25. The summed E-state index contributed by atoms with van der Waals surface area (Å²) in [7, 11) is 0. The Kier molecular flexibility index (Phi) is 4.26. The van der Waals surface area contributed by atoms with Crippen LogP contribution in [0, 0.1) is 6.92 Å². The highest BCUT2D eigenvalue weighted by atomic mass is 15.1. The molecule has 2 rings (SSSR count). The minimum absolute atomic E-state index is 0.868. The predicted molar refractivity (Wildman–Crippen MR) is 74.4 cm³/mol. The fraction of sp³-hybridized carbons (Fsp3) is 0.571. The van der Waals surface area contributed by atoms with Gasteiger partial charge in [-0.3, -0.25) is 0 Å². The fourth-order valence-electron chi connectivity index (χ4n) is 2.29. The first-order valence-corrected chi connectivity index (χ1v) is 6.58. The lowest BCUT2D eigenvalue weighted by Crippen LogP contribution is -2.33.